The number of benzene rings is 1. The molecule has 0 bridgehead atoms. The van der Waals surface area contributed by atoms with Crippen LogP contribution in [0.5, 0.6) is 0 Å². The first-order valence-electron chi connectivity index (χ1n) is 8.42. The summed E-state index contributed by atoms with van der Waals surface area (Å²) in [6, 6.07) is 6.52. The number of carbonyl (C=O) groups excluding carboxylic acids is 2. The van der Waals surface area contributed by atoms with Gasteiger partial charge in [0.15, 0.2) is 5.82 Å². The molecule has 11 heteroatoms. The first-order chi connectivity index (χ1) is 14.0. The largest absolute Gasteiger partial charge is 0.347 e. The summed E-state index contributed by atoms with van der Waals surface area (Å²) in [7, 11) is 0. The highest BCUT2D eigenvalue weighted by Gasteiger charge is 2.17. The number of anilines is 1. The van der Waals surface area contributed by atoms with Crippen molar-refractivity contribution in [2.24, 2.45) is 0 Å². The lowest BCUT2D eigenvalue weighted by Crippen LogP contribution is -2.36. The maximum Gasteiger partial charge on any atom is 0.313 e. The highest BCUT2D eigenvalue weighted by molar-refractivity contribution is 7.15. The highest BCUT2D eigenvalue weighted by atomic mass is 32.1. The third kappa shape index (κ3) is 4.15. The Balaban J connectivity index is 1.34. The molecule has 0 unspecified atom stereocenters. The minimum absolute atomic E-state index is 0.179. The van der Waals surface area contributed by atoms with E-state index >= 15 is 0 Å². The van der Waals surface area contributed by atoms with Crippen LogP contribution in [-0.4, -0.2) is 33.0 Å². The summed E-state index contributed by atoms with van der Waals surface area (Å²) in [5.74, 6) is -3.05. The van der Waals surface area contributed by atoms with Crippen LogP contribution in [0.4, 0.5) is 14.5 Å². The number of thiophene rings is 1. The summed E-state index contributed by atoms with van der Waals surface area (Å²) in [5.41, 5.74) is 0.570. The van der Waals surface area contributed by atoms with Gasteiger partial charge in [0.2, 0.25) is 4.96 Å². The zero-order chi connectivity index (χ0) is 20.4. The van der Waals surface area contributed by atoms with Gasteiger partial charge in [-0.1, -0.05) is 6.07 Å². The van der Waals surface area contributed by atoms with E-state index in [0.717, 1.165) is 27.7 Å². The van der Waals surface area contributed by atoms with Crippen LogP contribution in [0.3, 0.4) is 0 Å². The number of amides is 2. The second kappa shape index (κ2) is 8.05. The van der Waals surface area contributed by atoms with Gasteiger partial charge in [-0.2, -0.15) is 4.98 Å². The van der Waals surface area contributed by atoms with Gasteiger partial charge >= 0.3 is 11.8 Å². The second-order valence-electron chi connectivity index (χ2n) is 5.92. The highest BCUT2D eigenvalue weighted by Crippen LogP contribution is 2.24. The summed E-state index contributed by atoms with van der Waals surface area (Å²) in [6.07, 6.45) is 0.428. The number of carbonyl (C=O) groups is 2. The van der Waals surface area contributed by atoms with Gasteiger partial charge in [-0.15, -0.1) is 27.8 Å². The van der Waals surface area contributed by atoms with Crippen molar-refractivity contribution in [3.63, 3.8) is 0 Å². The van der Waals surface area contributed by atoms with E-state index in [0.29, 0.717) is 18.3 Å². The van der Waals surface area contributed by atoms with Crippen LogP contribution >= 0.6 is 22.7 Å². The van der Waals surface area contributed by atoms with Crippen molar-refractivity contribution >= 4 is 45.1 Å². The number of halogens is 2. The van der Waals surface area contributed by atoms with E-state index in [1.807, 2.05) is 22.9 Å². The maximum absolute atomic E-state index is 13.6. The number of nitrogens with one attached hydrogen (secondary N) is 2. The fraction of sp³-hybridized carbons (Fsp3) is 0.111. The van der Waals surface area contributed by atoms with E-state index in [-0.39, 0.29) is 12.2 Å². The van der Waals surface area contributed by atoms with E-state index in [1.165, 1.54) is 11.3 Å². The lowest BCUT2D eigenvalue weighted by Gasteiger charge is -2.07. The SMILES string of the molecule is O=C(NCCc1csc2nc(-c3cccs3)nn12)C(=O)Nc1ccc(F)cc1F. The van der Waals surface area contributed by atoms with Crippen LogP contribution in [-0.2, 0) is 16.0 Å². The molecule has 4 rings (SSSR count). The number of fused-ring (bicyclic) bond motifs is 1. The Labute approximate surface area is 171 Å². The average Bonchev–Trinajstić information content (AvgIpc) is 3.41. The molecule has 0 saturated carbocycles. The molecule has 7 nitrogen and oxygen atoms in total. The molecule has 29 heavy (non-hydrogen) atoms. The van der Waals surface area contributed by atoms with Crippen molar-refractivity contribution in [1.29, 1.82) is 0 Å². The quantitative estimate of drug-likeness (QED) is 0.474. The summed E-state index contributed by atoms with van der Waals surface area (Å²) in [4.78, 5) is 30.0. The Hall–Kier alpha value is -3.18. The number of rotatable bonds is 5. The van der Waals surface area contributed by atoms with Crippen LogP contribution in [0.2, 0.25) is 0 Å². The molecule has 0 aliphatic heterocycles. The molecular formula is C18H13F2N5O2S2. The van der Waals surface area contributed by atoms with E-state index in [2.05, 4.69) is 20.7 Å². The minimum Gasteiger partial charge on any atom is -0.347 e. The standard InChI is InChI=1S/C18H13F2N5O2S2/c19-10-3-4-13(12(20)8-10)22-17(27)16(26)21-6-5-11-9-29-18-23-15(24-25(11)18)14-2-1-7-28-14/h1-4,7-9H,5-6H2,(H,21,26)(H,22,27). The van der Waals surface area contributed by atoms with Gasteiger partial charge in [0.05, 0.1) is 16.3 Å². The first kappa shape index (κ1) is 19.2. The van der Waals surface area contributed by atoms with Crippen molar-refractivity contribution in [2.75, 3.05) is 11.9 Å². The number of hydrogen-bond donors (Lipinski definition) is 2. The molecule has 4 aromatic rings. The number of thiazole rings is 1. The van der Waals surface area contributed by atoms with Gasteiger partial charge < -0.3 is 10.6 Å². The lowest BCUT2D eigenvalue weighted by atomic mass is 10.3. The zero-order valence-corrected chi connectivity index (χ0v) is 16.3. The van der Waals surface area contributed by atoms with Crippen molar-refractivity contribution in [1.82, 2.24) is 19.9 Å². The fourth-order valence-electron chi connectivity index (χ4n) is 2.56. The third-order valence-corrected chi connectivity index (χ3v) is 5.67. The molecule has 1 aromatic carbocycles. The Bertz CT molecular complexity index is 1190. The van der Waals surface area contributed by atoms with Crippen molar-refractivity contribution in [2.45, 2.75) is 6.42 Å². The van der Waals surface area contributed by atoms with E-state index in [1.54, 1.807) is 15.9 Å². The molecule has 3 aromatic heterocycles. The molecule has 148 valence electrons. The molecule has 0 aliphatic carbocycles. The van der Waals surface area contributed by atoms with Crippen LogP contribution in [0, 0.1) is 11.6 Å². The smallest absolute Gasteiger partial charge is 0.313 e. The Morgan fingerprint density at radius 3 is 2.76 bits per heavy atom. The van der Waals surface area contributed by atoms with E-state index < -0.39 is 23.4 Å². The van der Waals surface area contributed by atoms with Crippen molar-refractivity contribution in [3.05, 3.63) is 58.4 Å². The van der Waals surface area contributed by atoms with Gasteiger partial charge in [-0.25, -0.2) is 13.3 Å². The summed E-state index contributed by atoms with van der Waals surface area (Å²) in [6.45, 7) is 0.179. The average molecular weight is 433 g/mol. The molecule has 0 spiro atoms. The third-order valence-electron chi connectivity index (χ3n) is 3.94. The molecule has 2 amide bonds. The Kier molecular flexibility index (Phi) is 5.32. The van der Waals surface area contributed by atoms with Crippen molar-refractivity contribution in [3.8, 4) is 10.7 Å². The van der Waals surface area contributed by atoms with E-state index in [4.69, 9.17) is 0 Å². The monoisotopic (exact) mass is 433 g/mol. The number of aromatic nitrogens is 3. The van der Waals surface area contributed by atoms with Gasteiger partial charge in [-0.3, -0.25) is 9.59 Å². The first-order valence-corrected chi connectivity index (χ1v) is 10.2. The van der Waals surface area contributed by atoms with Crippen LogP contribution in [0.15, 0.2) is 41.1 Å². The fourth-order valence-corrected chi connectivity index (χ4v) is 4.07. The molecule has 0 fully saturated rings. The molecule has 2 N–H and O–H groups in total. The number of nitrogens with zero attached hydrogens (tertiary/aromatic N) is 3. The lowest BCUT2D eigenvalue weighted by molar-refractivity contribution is -0.136. The summed E-state index contributed by atoms with van der Waals surface area (Å²) in [5, 5.41) is 12.9. The molecule has 0 atom stereocenters. The predicted molar refractivity (Wildman–Crippen MR) is 106 cm³/mol. The van der Waals surface area contributed by atoms with Crippen LogP contribution in [0.1, 0.15) is 5.69 Å². The van der Waals surface area contributed by atoms with Gasteiger partial charge in [0.25, 0.3) is 0 Å². The van der Waals surface area contributed by atoms with Crippen LogP contribution < -0.4 is 10.6 Å². The molecule has 0 aliphatic rings. The van der Waals surface area contributed by atoms with Gasteiger partial charge in [0, 0.05) is 24.4 Å². The molecule has 0 saturated heterocycles. The molecule has 3 heterocycles. The Morgan fingerprint density at radius 1 is 1.14 bits per heavy atom. The van der Waals surface area contributed by atoms with Crippen molar-refractivity contribution < 1.29 is 18.4 Å². The van der Waals surface area contributed by atoms with Crippen LogP contribution in [0.25, 0.3) is 15.7 Å². The second-order valence-corrected chi connectivity index (χ2v) is 7.70. The normalized spacial score (nSPS) is 11.0. The minimum atomic E-state index is -1.04. The summed E-state index contributed by atoms with van der Waals surface area (Å²) >= 11 is 2.98. The molecular weight excluding hydrogens is 420 g/mol. The molecule has 0 radical (unpaired) electrons. The van der Waals surface area contributed by atoms with Gasteiger partial charge in [0.1, 0.15) is 11.6 Å². The zero-order valence-electron chi connectivity index (χ0n) is 14.7. The predicted octanol–water partition coefficient (Wildman–Crippen LogP) is 3.09. The topological polar surface area (TPSA) is 88.4 Å². The maximum atomic E-state index is 13.6. The van der Waals surface area contributed by atoms with Gasteiger partial charge in [-0.05, 0) is 23.6 Å². The summed E-state index contributed by atoms with van der Waals surface area (Å²) < 4.78 is 28.2. The Morgan fingerprint density at radius 2 is 2.00 bits per heavy atom. The number of hydrogen-bond acceptors (Lipinski definition) is 6. The van der Waals surface area contributed by atoms with E-state index in [9.17, 15) is 18.4 Å².